The predicted octanol–water partition coefficient (Wildman–Crippen LogP) is 4.76. The number of fused-ring (bicyclic) bond motifs is 1. The monoisotopic (exact) mass is 289 g/mol. The molecule has 0 radical (unpaired) electrons. The van der Waals surface area contributed by atoms with Gasteiger partial charge < -0.3 is 10.1 Å². The van der Waals surface area contributed by atoms with Crippen LogP contribution in [0.2, 0.25) is 0 Å². The normalized spacial score (nSPS) is 18.8. The van der Waals surface area contributed by atoms with Crippen molar-refractivity contribution in [2.75, 3.05) is 13.2 Å². The van der Waals surface area contributed by atoms with Gasteiger partial charge in [-0.3, -0.25) is 0 Å². The summed E-state index contributed by atoms with van der Waals surface area (Å²) in [6.45, 7) is 13.2. The first-order valence-electron chi connectivity index (χ1n) is 8.50. The SMILES string of the molecule is CCCNC1CCCOc2c1cc(CC)cc2C(C)(C)C. The summed E-state index contributed by atoms with van der Waals surface area (Å²) < 4.78 is 6.18. The lowest BCUT2D eigenvalue weighted by atomic mass is 9.82. The van der Waals surface area contributed by atoms with E-state index in [0.717, 1.165) is 31.7 Å². The molecule has 1 aliphatic heterocycles. The molecule has 0 amide bonds. The number of rotatable bonds is 4. The van der Waals surface area contributed by atoms with E-state index in [1.165, 1.54) is 29.5 Å². The summed E-state index contributed by atoms with van der Waals surface area (Å²) in [5.74, 6) is 1.14. The molecule has 1 atom stereocenters. The fourth-order valence-electron chi connectivity index (χ4n) is 3.04. The van der Waals surface area contributed by atoms with Gasteiger partial charge in [-0.2, -0.15) is 0 Å². The van der Waals surface area contributed by atoms with Crippen LogP contribution in [-0.2, 0) is 11.8 Å². The first-order chi connectivity index (χ1) is 9.97. The Hall–Kier alpha value is -1.02. The van der Waals surface area contributed by atoms with Crippen LogP contribution in [0.5, 0.6) is 5.75 Å². The van der Waals surface area contributed by atoms with E-state index in [9.17, 15) is 0 Å². The molecule has 1 heterocycles. The lowest BCUT2D eigenvalue weighted by molar-refractivity contribution is 0.307. The molecule has 0 aliphatic carbocycles. The summed E-state index contributed by atoms with van der Waals surface area (Å²) in [7, 11) is 0. The zero-order valence-corrected chi connectivity index (χ0v) is 14.4. The van der Waals surface area contributed by atoms with Gasteiger partial charge >= 0.3 is 0 Å². The number of nitrogens with one attached hydrogen (secondary N) is 1. The third kappa shape index (κ3) is 3.79. The van der Waals surface area contributed by atoms with Gasteiger partial charge in [0.05, 0.1) is 6.61 Å². The molecule has 0 bridgehead atoms. The lowest BCUT2D eigenvalue weighted by Gasteiger charge is -2.27. The third-order valence-electron chi connectivity index (χ3n) is 4.29. The van der Waals surface area contributed by atoms with Crippen molar-refractivity contribution in [3.05, 3.63) is 28.8 Å². The van der Waals surface area contributed by atoms with Gasteiger partial charge in [0, 0.05) is 17.2 Å². The molecule has 0 saturated carbocycles. The summed E-state index contributed by atoms with van der Waals surface area (Å²) in [6.07, 6.45) is 4.55. The molecule has 1 aromatic carbocycles. The molecule has 118 valence electrons. The minimum Gasteiger partial charge on any atom is -0.493 e. The molecule has 0 saturated heterocycles. The van der Waals surface area contributed by atoms with Gasteiger partial charge in [-0.15, -0.1) is 0 Å². The molecule has 1 aliphatic rings. The quantitative estimate of drug-likeness (QED) is 0.863. The molecular weight excluding hydrogens is 258 g/mol. The highest BCUT2D eigenvalue weighted by Gasteiger charge is 2.27. The van der Waals surface area contributed by atoms with E-state index in [1.54, 1.807) is 0 Å². The Morgan fingerprint density at radius 2 is 2.00 bits per heavy atom. The third-order valence-corrected chi connectivity index (χ3v) is 4.29. The van der Waals surface area contributed by atoms with Crippen LogP contribution in [-0.4, -0.2) is 13.2 Å². The topological polar surface area (TPSA) is 21.3 Å². The minimum atomic E-state index is 0.120. The average Bonchev–Trinajstić information content (AvgIpc) is 2.65. The zero-order chi connectivity index (χ0) is 15.5. The maximum Gasteiger partial charge on any atom is 0.127 e. The summed E-state index contributed by atoms with van der Waals surface area (Å²) in [4.78, 5) is 0. The second kappa shape index (κ2) is 6.83. The Labute approximate surface area is 130 Å². The molecule has 2 nitrogen and oxygen atoms in total. The number of ether oxygens (including phenoxy) is 1. The van der Waals surface area contributed by atoms with E-state index < -0.39 is 0 Å². The fraction of sp³-hybridized carbons (Fsp3) is 0.684. The number of hydrogen-bond acceptors (Lipinski definition) is 2. The van der Waals surface area contributed by atoms with Crippen LogP contribution in [0, 0.1) is 0 Å². The van der Waals surface area contributed by atoms with Gasteiger partial charge in [-0.1, -0.05) is 46.8 Å². The van der Waals surface area contributed by atoms with Crippen LogP contribution in [0.1, 0.15) is 76.6 Å². The van der Waals surface area contributed by atoms with E-state index in [4.69, 9.17) is 4.74 Å². The van der Waals surface area contributed by atoms with Crippen LogP contribution in [0.25, 0.3) is 0 Å². The van der Waals surface area contributed by atoms with Gasteiger partial charge in [0.25, 0.3) is 0 Å². The Kier molecular flexibility index (Phi) is 5.32. The van der Waals surface area contributed by atoms with Crippen molar-refractivity contribution in [3.8, 4) is 5.75 Å². The van der Waals surface area contributed by atoms with Gasteiger partial charge in [0.2, 0.25) is 0 Å². The highest BCUT2D eigenvalue weighted by atomic mass is 16.5. The van der Waals surface area contributed by atoms with Crippen LogP contribution < -0.4 is 10.1 Å². The number of benzene rings is 1. The van der Waals surface area contributed by atoms with Crippen molar-refractivity contribution in [2.45, 2.75) is 71.8 Å². The molecule has 0 spiro atoms. The molecule has 2 heteroatoms. The molecule has 2 rings (SSSR count). The van der Waals surface area contributed by atoms with Crippen molar-refractivity contribution in [2.24, 2.45) is 0 Å². The standard InChI is InChI=1S/C19H31NO/c1-6-10-20-17-9-8-11-21-18-15(17)12-14(7-2)13-16(18)19(3,4)5/h12-13,17,20H,6-11H2,1-5H3. The average molecular weight is 289 g/mol. The van der Waals surface area contributed by atoms with E-state index in [0.29, 0.717) is 6.04 Å². The Balaban J connectivity index is 2.51. The highest BCUT2D eigenvalue weighted by Crippen LogP contribution is 2.40. The molecule has 0 aromatic heterocycles. The van der Waals surface area contributed by atoms with Crippen LogP contribution >= 0.6 is 0 Å². The fourth-order valence-corrected chi connectivity index (χ4v) is 3.04. The smallest absolute Gasteiger partial charge is 0.127 e. The van der Waals surface area contributed by atoms with E-state index in [-0.39, 0.29) is 5.41 Å². The van der Waals surface area contributed by atoms with E-state index in [2.05, 4.69) is 52.1 Å². The number of hydrogen-bond donors (Lipinski definition) is 1. The van der Waals surface area contributed by atoms with E-state index >= 15 is 0 Å². The maximum atomic E-state index is 6.18. The van der Waals surface area contributed by atoms with Crippen molar-refractivity contribution in [3.63, 3.8) is 0 Å². The number of aryl methyl sites for hydroxylation is 1. The molecule has 0 fully saturated rings. The molecule has 1 aromatic rings. The van der Waals surface area contributed by atoms with E-state index in [1.807, 2.05) is 0 Å². The minimum absolute atomic E-state index is 0.120. The largest absolute Gasteiger partial charge is 0.493 e. The second-order valence-electron chi connectivity index (χ2n) is 7.16. The van der Waals surface area contributed by atoms with Gasteiger partial charge in [-0.05, 0) is 43.2 Å². The molecule has 21 heavy (non-hydrogen) atoms. The van der Waals surface area contributed by atoms with Gasteiger partial charge in [-0.25, -0.2) is 0 Å². The second-order valence-corrected chi connectivity index (χ2v) is 7.16. The first kappa shape index (κ1) is 16.4. The van der Waals surface area contributed by atoms with Crippen molar-refractivity contribution < 1.29 is 4.74 Å². The predicted molar refractivity (Wildman–Crippen MR) is 90.3 cm³/mol. The Morgan fingerprint density at radius 3 is 2.62 bits per heavy atom. The molecule has 1 unspecified atom stereocenters. The summed E-state index contributed by atoms with van der Waals surface area (Å²) in [5.41, 5.74) is 4.29. The highest BCUT2D eigenvalue weighted by molar-refractivity contribution is 5.50. The van der Waals surface area contributed by atoms with Crippen LogP contribution in [0.15, 0.2) is 12.1 Å². The van der Waals surface area contributed by atoms with Gasteiger partial charge in [0.1, 0.15) is 5.75 Å². The van der Waals surface area contributed by atoms with Crippen molar-refractivity contribution >= 4 is 0 Å². The molecular formula is C19H31NO. The Bertz CT molecular complexity index is 473. The Morgan fingerprint density at radius 1 is 1.24 bits per heavy atom. The lowest BCUT2D eigenvalue weighted by Crippen LogP contribution is -2.23. The summed E-state index contributed by atoms with van der Waals surface area (Å²) in [6, 6.07) is 5.15. The van der Waals surface area contributed by atoms with Gasteiger partial charge in [0.15, 0.2) is 0 Å². The first-order valence-corrected chi connectivity index (χ1v) is 8.50. The van der Waals surface area contributed by atoms with Crippen LogP contribution in [0.3, 0.4) is 0 Å². The summed E-state index contributed by atoms with van der Waals surface area (Å²) >= 11 is 0. The van der Waals surface area contributed by atoms with Crippen molar-refractivity contribution in [1.29, 1.82) is 0 Å². The van der Waals surface area contributed by atoms with Crippen LogP contribution in [0.4, 0.5) is 0 Å². The maximum absolute atomic E-state index is 6.18. The van der Waals surface area contributed by atoms with Crippen molar-refractivity contribution in [1.82, 2.24) is 5.32 Å². The molecule has 1 N–H and O–H groups in total. The summed E-state index contributed by atoms with van der Waals surface area (Å²) in [5, 5.41) is 3.72. The zero-order valence-electron chi connectivity index (χ0n) is 14.4.